The molecule has 1 rings (SSSR count). The molecule has 1 aromatic rings. The van der Waals surface area contributed by atoms with Gasteiger partial charge in [-0.05, 0) is 6.92 Å². The van der Waals surface area contributed by atoms with E-state index in [9.17, 15) is 0 Å². The highest BCUT2D eigenvalue weighted by Gasteiger charge is 2.16. The van der Waals surface area contributed by atoms with E-state index in [0.29, 0.717) is 19.0 Å². The van der Waals surface area contributed by atoms with Crippen molar-refractivity contribution in [1.82, 2.24) is 9.78 Å². The largest absolute Gasteiger partial charge is 0.493 e. The summed E-state index contributed by atoms with van der Waals surface area (Å²) in [6, 6.07) is -0.197. The van der Waals surface area contributed by atoms with Crippen LogP contribution in [0.4, 0.5) is 0 Å². The number of aryl methyl sites for hydroxylation is 1. The molecule has 0 saturated carbocycles. The first-order valence-electron chi connectivity index (χ1n) is 4.59. The van der Waals surface area contributed by atoms with Crippen molar-refractivity contribution in [3.63, 3.8) is 0 Å². The predicted octanol–water partition coefficient (Wildman–Crippen LogP) is 0.465. The number of nitrogens with zero attached hydrogens (tertiary/aromatic N) is 2. The molecule has 0 aliphatic carbocycles. The summed E-state index contributed by atoms with van der Waals surface area (Å²) < 4.78 is 12.1. The molecule has 0 saturated heterocycles. The molecule has 0 fully saturated rings. The Labute approximate surface area is 83.8 Å². The summed E-state index contributed by atoms with van der Waals surface area (Å²) in [6.07, 6.45) is 1.65. The van der Waals surface area contributed by atoms with E-state index in [-0.39, 0.29) is 6.04 Å². The molecular weight excluding hydrogens is 182 g/mol. The highest BCUT2D eigenvalue weighted by molar-refractivity contribution is 5.27. The predicted molar refractivity (Wildman–Crippen MR) is 53.2 cm³/mol. The third-order valence-corrected chi connectivity index (χ3v) is 2.02. The molecule has 1 unspecified atom stereocenters. The minimum atomic E-state index is -0.197. The fraction of sp³-hybridized carbons (Fsp3) is 0.667. The third kappa shape index (κ3) is 2.24. The Bertz CT molecular complexity index is 286. The SMILES string of the molecule is CCOCC(N)c1c(OC)cnn1C. The van der Waals surface area contributed by atoms with Crippen LogP contribution in [-0.4, -0.2) is 30.1 Å². The number of hydrogen-bond acceptors (Lipinski definition) is 4. The van der Waals surface area contributed by atoms with Crippen LogP contribution in [0.25, 0.3) is 0 Å². The van der Waals surface area contributed by atoms with Crippen LogP contribution in [0.15, 0.2) is 6.20 Å². The van der Waals surface area contributed by atoms with E-state index in [1.165, 1.54) is 0 Å². The maximum Gasteiger partial charge on any atom is 0.161 e. The number of aromatic nitrogens is 2. The molecule has 0 amide bonds. The van der Waals surface area contributed by atoms with Gasteiger partial charge in [0.15, 0.2) is 5.75 Å². The van der Waals surface area contributed by atoms with Crippen LogP contribution in [0.3, 0.4) is 0 Å². The minimum absolute atomic E-state index is 0.197. The van der Waals surface area contributed by atoms with E-state index >= 15 is 0 Å². The molecule has 1 atom stereocenters. The van der Waals surface area contributed by atoms with E-state index in [1.54, 1.807) is 18.0 Å². The summed E-state index contributed by atoms with van der Waals surface area (Å²) in [6.45, 7) is 3.08. The zero-order valence-corrected chi connectivity index (χ0v) is 8.86. The van der Waals surface area contributed by atoms with Gasteiger partial charge >= 0.3 is 0 Å². The topological polar surface area (TPSA) is 62.3 Å². The highest BCUT2D eigenvalue weighted by atomic mass is 16.5. The van der Waals surface area contributed by atoms with Crippen LogP contribution >= 0.6 is 0 Å². The molecule has 0 radical (unpaired) electrons. The van der Waals surface area contributed by atoms with Gasteiger partial charge in [-0.3, -0.25) is 4.68 Å². The molecule has 0 bridgehead atoms. The number of nitrogens with two attached hydrogens (primary N) is 1. The highest BCUT2D eigenvalue weighted by Crippen LogP contribution is 2.22. The first kappa shape index (κ1) is 11.0. The average molecular weight is 199 g/mol. The first-order valence-corrected chi connectivity index (χ1v) is 4.59. The van der Waals surface area contributed by atoms with E-state index in [0.717, 1.165) is 5.69 Å². The number of methoxy groups -OCH3 is 1. The van der Waals surface area contributed by atoms with Crippen molar-refractivity contribution >= 4 is 0 Å². The molecule has 2 N–H and O–H groups in total. The van der Waals surface area contributed by atoms with Gasteiger partial charge in [0.05, 0.1) is 31.6 Å². The molecule has 14 heavy (non-hydrogen) atoms. The lowest BCUT2D eigenvalue weighted by atomic mass is 10.2. The van der Waals surface area contributed by atoms with Crippen molar-refractivity contribution in [2.45, 2.75) is 13.0 Å². The van der Waals surface area contributed by atoms with Crippen LogP contribution < -0.4 is 10.5 Å². The van der Waals surface area contributed by atoms with Gasteiger partial charge < -0.3 is 15.2 Å². The summed E-state index contributed by atoms with van der Waals surface area (Å²) in [4.78, 5) is 0. The van der Waals surface area contributed by atoms with Crippen LogP contribution in [0.2, 0.25) is 0 Å². The van der Waals surface area contributed by atoms with Crippen LogP contribution in [0.5, 0.6) is 5.75 Å². The summed E-state index contributed by atoms with van der Waals surface area (Å²) >= 11 is 0. The zero-order valence-electron chi connectivity index (χ0n) is 8.86. The zero-order chi connectivity index (χ0) is 10.6. The molecule has 0 aliphatic heterocycles. The second-order valence-corrected chi connectivity index (χ2v) is 2.99. The maximum absolute atomic E-state index is 5.94. The Balaban J connectivity index is 2.76. The molecule has 0 spiro atoms. The third-order valence-electron chi connectivity index (χ3n) is 2.02. The Hall–Kier alpha value is -1.07. The van der Waals surface area contributed by atoms with Crippen molar-refractivity contribution < 1.29 is 9.47 Å². The number of ether oxygens (including phenoxy) is 2. The van der Waals surface area contributed by atoms with E-state index in [4.69, 9.17) is 15.2 Å². The maximum atomic E-state index is 5.94. The van der Waals surface area contributed by atoms with Crippen LogP contribution in [0.1, 0.15) is 18.7 Å². The molecule has 5 nitrogen and oxygen atoms in total. The molecular formula is C9H17N3O2. The summed E-state index contributed by atoms with van der Waals surface area (Å²) in [5.74, 6) is 0.708. The summed E-state index contributed by atoms with van der Waals surface area (Å²) in [5.41, 5.74) is 6.80. The fourth-order valence-electron chi connectivity index (χ4n) is 1.33. The summed E-state index contributed by atoms with van der Waals surface area (Å²) in [5, 5.41) is 4.07. The Morgan fingerprint density at radius 3 is 2.93 bits per heavy atom. The lowest BCUT2D eigenvalue weighted by molar-refractivity contribution is 0.130. The van der Waals surface area contributed by atoms with E-state index < -0.39 is 0 Å². The Kier molecular flexibility index (Phi) is 3.91. The second kappa shape index (κ2) is 4.97. The van der Waals surface area contributed by atoms with Crippen molar-refractivity contribution in [2.75, 3.05) is 20.3 Å². The van der Waals surface area contributed by atoms with Gasteiger partial charge in [-0.25, -0.2) is 0 Å². The number of hydrogen-bond donors (Lipinski definition) is 1. The lowest BCUT2D eigenvalue weighted by Crippen LogP contribution is -2.20. The molecule has 5 heteroatoms. The van der Waals surface area contributed by atoms with Crippen LogP contribution in [-0.2, 0) is 11.8 Å². The monoisotopic (exact) mass is 199 g/mol. The van der Waals surface area contributed by atoms with Gasteiger partial charge in [-0.15, -0.1) is 0 Å². The molecule has 1 heterocycles. The average Bonchev–Trinajstić information content (AvgIpc) is 2.56. The number of rotatable bonds is 5. The van der Waals surface area contributed by atoms with Crippen LogP contribution in [0, 0.1) is 0 Å². The molecule has 0 aliphatic rings. The lowest BCUT2D eigenvalue weighted by Gasteiger charge is -2.13. The first-order chi connectivity index (χ1) is 6.70. The molecule has 0 aromatic carbocycles. The quantitative estimate of drug-likeness (QED) is 0.748. The fourth-order valence-corrected chi connectivity index (χ4v) is 1.33. The van der Waals surface area contributed by atoms with Crippen molar-refractivity contribution in [3.8, 4) is 5.75 Å². The van der Waals surface area contributed by atoms with Gasteiger partial charge in [0, 0.05) is 13.7 Å². The van der Waals surface area contributed by atoms with Gasteiger partial charge in [-0.2, -0.15) is 5.10 Å². The van der Waals surface area contributed by atoms with Gasteiger partial charge in [0.25, 0.3) is 0 Å². The van der Waals surface area contributed by atoms with Gasteiger partial charge in [-0.1, -0.05) is 0 Å². The van der Waals surface area contributed by atoms with Gasteiger partial charge in [0.2, 0.25) is 0 Å². The molecule has 80 valence electrons. The van der Waals surface area contributed by atoms with Crippen molar-refractivity contribution in [2.24, 2.45) is 12.8 Å². The minimum Gasteiger partial charge on any atom is -0.493 e. The van der Waals surface area contributed by atoms with Crippen molar-refractivity contribution in [3.05, 3.63) is 11.9 Å². The second-order valence-electron chi connectivity index (χ2n) is 2.99. The van der Waals surface area contributed by atoms with E-state index in [2.05, 4.69) is 5.10 Å². The van der Waals surface area contributed by atoms with Gasteiger partial charge in [0.1, 0.15) is 0 Å². The smallest absolute Gasteiger partial charge is 0.161 e. The van der Waals surface area contributed by atoms with E-state index in [1.807, 2.05) is 14.0 Å². The Morgan fingerprint density at radius 2 is 2.36 bits per heavy atom. The standard InChI is InChI=1S/C9H17N3O2/c1-4-14-6-7(10)9-8(13-3)5-11-12(9)2/h5,7H,4,6,10H2,1-3H3. The Morgan fingerprint density at radius 1 is 1.64 bits per heavy atom. The molecule has 1 aromatic heterocycles. The normalized spacial score (nSPS) is 12.9. The summed E-state index contributed by atoms with van der Waals surface area (Å²) in [7, 11) is 3.44. The van der Waals surface area contributed by atoms with Crippen molar-refractivity contribution in [1.29, 1.82) is 0 Å².